The van der Waals surface area contributed by atoms with Crippen LogP contribution >= 0.6 is 0 Å². The number of morpholine rings is 1. The molecular formula is C29H44N2O5. The number of allylic oxidation sites excluding steroid dienone is 2. The Morgan fingerprint density at radius 1 is 1.17 bits per heavy atom. The Bertz CT molecular complexity index is 818. The molecule has 1 aromatic carbocycles. The Kier molecular flexibility index (Phi) is 12.1. The van der Waals surface area contributed by atoms with Crippen molar-refractivity contribution >= 4 is 11.8 Å². The van der Waals surface area contributed by atoms with E-state index >= 15 is 0 Å². The van der Waals surface area contributed by atoms with Crippen LogP contribution in [0.1, 0.15) is 70.6 Å². The number of benzene rings is 1. The molecular weight excluding hydrogens is 456 g/mol. The highest BCUT2D eigenvalue weighted by Crippen LogP contribution is 2.37. The van der Waals surface area contributed by atoms with Crippen molar-refractivity contribution in [3.05, 3.63) is 48.0 Å². The molecule has 1 unspecified atom stereocenters. The van der Waals surface area contributed by atoms with E-state index in [4.69, 9.17) is 14.6 Å². The maximum absolute atomic E-state index is 13.4. The molecule has 36 heavy (non-hydrogen) atoms. The molecule has 3 rings (SSSR count). The number of unbranched alkanes of at least 4 members (excludes halogenated alkanes) is 1. The number of carbonyl (C=O) groups is 2. The lowest BCUT2D eigenvalue weighted by Crippen LogP contribution is -2.49. The van der Waals surface area contributed by atoms with E-state index in [1.807, 2.05) is 6.07 Å². The predicted octanol–water partition coefficient (Wildman–Crippen LogP) is 4.68. The van der Waals surface area contributed by atoms with Crippen LogP contribution in [0.2, 0.25) is 0 Å². The lowest BCUT2D eigenvalue weighted by Gasteiger charge is -2.38. The summed E-state index contributed by atoms with van der Waals surface area (Å²) < 4.78 is 12.5. The van der Waals surface area contributed by atoms with E-state index in [2.05, 4.69) is 60.1 Å². The third-order valence-corrected chi connectivity index (χ3v) is 7.13. The second-order valence-electron chi connectivity index (χ2n) is 9.89. The van der Waals surface area contributed by atoms with Crippen LogP contribution in [0.3, 0.4) is 0 Å². The number of ether oxygens (including phenoxy) is 2. The van der Waals surface area contributed by atoms with E-state index in [-0.39, 0.29) is 36.5 Å². The van der Waals surface area contributed by atoms with Gasteiger partial charge in [0.2, 0.25) is 0 Å². The van der Waals surface area contributed by atoms with Gasteiger partial charge >= 0.3 is 5.97 Å². The number of carbonyl (C=O) groups excluding carboxylic acids is 1. The Morgan fingerprint density at radius 3 is 2.50 bits per heavy atom. The van der Waals surface area contributed by atoms with Crippen molar-refractivity contribution in [1.29, 1.82) is 0 Å². The second-order valence-corrected chi connectivity index (χ2v) is 9.89. The van der Waals surface area contributed by atoms with Gasteiger partial charge in [-0.1, -0.05) is 56.3 Å². The van der Waals surface area contributed by atoms with Gasteiger partial charge in [0.1, 0.15) is 6.23 Å². The minimum atomic E-state index is -0.763. The SMILES string of the molecule is CCCN(CCC)C(O[C@@H]1CC(=O)[C@@H](N2CCOCC2)[C@@H]1C/C=C\CCCC(=O)O)c1ccccc1. The summed E-state index contributed by atoms with van der Waals surface area (Å²) in [5.74, 6) is -0.445. The molecule has 0 radical (unpaired) electrons. The van der Waals surface area contributed by atoms with Gasteiger partial charge in [-0.2, -0.15) is 0 Å². The highest BCUT2D eigenvalue weighted by molar-refractivity contribution is 5.87. The summed E-state index contributed by atoms with van der Waals surface area (Å²) in [6.45, 7) is 9.10. The molecule has 1 aromatic rings. The van der Waals surface area contributed by atoms with Crippen molar-refractivity contribution in [3.8, 4) is 0 Å². The standard InChI is InChI=1S/C29H44N2O5/c1-3-16-31(17-4-2)29(23-12-8-7-9-13-23)36-26-22-25(32)28(30-18-20-35-21-19-30)24(26)14-10-5-6-11-15-27(33)34/h5,7-10,12-13,24,26,28-29H,3-4,6,11,14-22H2,1-2H3,(H,33,34)/b10-5-/t24-,26-,28+,29?/m1/s1. The monoisotopic (exact) mass is 500 g/mol. The summed E-state index contributed by atoms with van der Waals surface area (Å²) in [4.78, 5) is 28.9. The van der Waals surface area contributed by atoms with Crippen LogP contribution in [0.15, 0.2) is 42.5 Å². The largest absolute Gasteiger partial charge is 0.481 e. The van der Waals surface area contributed by atoms with Crippen molar-refractivity contribution in [2.45, 2.75) is 77.2 Å². The van der Waals surface area contributed by atoms with Crippen LogP contribution in [0.5, 0.6) is 0 Å². The summed E-state index contributed by atoms with van der Waals surface area (Å²) >= 11 is 0. The zero-order valence-corrected chi connectivity index (χ0v) is 22.0. The number of Topliss-reactive ketones (excluding diaryl/α,β-unsaturated/α-hetero) is 1. The maximum Gasteiger partial charge on any atom is 0.303 e. The van der Waals surface area contributed by atoms with Gasteiger partial charge in [-0.3, -0.25) is 19.4 Å². The minimum Gasteiger partial charge on any atom is -0.481 e. The summed E-state index contributed by atoms with van der Waals surface area (Å²) in [6, 6.07) is 10.2. The Hall–Kier alpha value is -2.06. The zero-order valence-electron chi connectivity index (χ0n) is 22.0. The third-order valence-electron chi connectivity index (χ3n) is 7.13. The lowest BCUT2D eigenvalue weighted by molar-refractivity contribution is -0.137. The van der Waals surface area contributed by atoms with Gasteiger partial charge in [-0.25, -0.2) is 0 Å². The molecule has 4 atom stereocenters. The van der Waals surface area contributed by atoms with Gasteiger partial charge in [0.05, 0.1) is 25.4 Å². The summed E-state index contributed by atoms with van der Waals surface area (Å²) in [7, 11) is 0. The number of aliphatic carboxylic acids is 1. The van der Waals surface area contributed by atoms with Crippen molar-refractivity contribution in [3.63, 3.8) is 0 Å². The van der Waals surface area contributed by atoms with Crippen LogP contribution in [-0.2, 0) is 19.1 Å². The zero-order chi connectivity index (χ0) is 25.8. The highest BCUT2D eigenvalue weighted by atomic mass is 16.5. The predicted molar refractivity (Wildman–Crippen MR) is 141 cm³/mol. The fourth-order valence-electron chi connectivity index (χ4n) is 5.49. The molecule has 1 aliphatic carbocycles. The average molecular weight is 501 g/mol. The average Bonchev–Trinajstić information content (AvgIpc) is 3.19. The molecule has 1 saturated heterocycles. The molecule has 2 fully saturated rings. The molecule has 0 spiro atoms. The van der Waals surface area contributed by atoms with Gasteiger partial charge in [-0.05, 0) is 37.7 Å². The fraction of sp³-hybridized carbons (Fsp3) is 0.655. The fourth-order valence-corrected chi connectivity index (χ4v) is 5.49. The molecule has 0 amide bonds. The first-order valence-electron chi connectivity index (χ1n) is 13.7. The lowest BCUT2D eigenvalue weighted by atomic mass is 9.95. The van der Waals surface area contributed by atoms with Crippen molar-refractivity contribution < 1.29 is 24.2 Å². The molecule has 7 heteroatoms. The van der Waals surface area contributed by atoms with E-state index < -0.39 is 5.97 Å². The molecule has 2 aliphatic rings. The van der Waals surface area contributed by atoms with Crippen molar-refractivity contribution in [2.75, 3.05) is 39.4 Å². The van der Waals surface area contributed by atoms with Gasteiger partial charge in [-0.15, -0.1) is 0 Å². The number of rotatable bonds is 15. The maximum atomic E-state index is 13.4. The third kappa shape index (κ3) is 8.23. The van der Waals surface area contributed by atoms with Crippen LogP contribution in [0.25, 0.3) is 0 Å². The first kappa shape index (κ1) is 28.5. The normalized spacial score (nSPS) is 24.1. The molecule has 1 aliphatic heterocycles. The van der Waals surface area contributed by atoms with Crippen molar-refractivity contribution in [1.82, 2.24) is 9.80 Å². The van der Waals surface area contributed by atoms with Crippen LogP contribution in [0.4, 0.5) is 0 Å². The summed E-state index contributed by atoms with van der Waals surface area (Å²) in [6.07, 6.45) is 8.61. The highest BCUT2D eigenvalue weighted by Gasteiger charge is 2.46. The number of hydrogen-bond acceptors (Lipinski definition) is 6. The minimum absolute atomic E-state index is 0.0580. The van der Waals surface area contributed by atoms with Crippen LogP contribution in [0, 0.1) is 5.92 Å². The summed E-state index contributed by atoms with van der Waals surface area (Å²) in [5, 5.41) is 8.89. The second kappa shape index (κ2) is 15.3. The number of nitrogens with zero attached hydrogens (tertiary/aromatic N) is 2. The van der Waals surface area contributed by atoms with Crippen LogP contribution < -0.4 is 0 Å². The molecule has 1 saturated carbocycles. The first-order valence-corrected chi connectivity index (χ1v) is 13.7. The Balaban J connectivity index is 1.81. The molecule has 7 nitrogen and oxygen atoms in total. The number of carboxylic acids is 1. The van der Waals surface area contributed by atoms with E-state index in [0.29, 0.717) is 26.1 Å². The number of carboxylic acid groups (broad SMARTS) is 1. The van der Waals surface area contributed by atoms with Gasteiger partial charge in [0, 0.05) is 44.9 Å². The first-order chi connectivity index (χ1) is 17.5. The quantitative estimate of drug-likeness (QED) is 0.213. The Morgan fingerprint density at radius 2 is 1.86 bits per heavy atom. The van der Waals surface area contributed by atoms with E-state index in [1.54, 1.807) is 0 Å². The van der Waals surface area contributed by atoms with E-state index in [0.717, 1.165) is 57.4 Å². The molecule has 1 heterocycles. The van der Waals surface area contributed by atoms with Crippen molar-refractivity contribution in [2.24, 2.45) is 5.92 Å². The van der Waals surface area contributed by atoms with Crippen LogP contribution in [-0.4, -0.2) is 78.2 Å². The molecule has 200 valence electrons. The molecule has 1 N–H and O–H groups in total. The van der Waals surface area contributed by atoms with E-state index in [1.165, 1.54) is 0 Å². The Labute approximate surface area is 216 Å². The number of ketones is 1. The summed E-state index contributed by atoms with van der Waals surface area (Å²) in [5.41, 5.74) is 1.13. The molecule has 0 bridgehead atoms. The molecule has 0 aromatic heterocycles. The van der Waals surface area contributed by atoms with Gasteiger partial charge < -0.3 is 14.6 Å². The van der Waals surface area contributed by atoms with Gasteiger partial charge in [0.25, 0.3) is 0 Å². The number of hydrogen-bond donors (Lipinski definition) is 1. The topological polar surface area (TPSA) is 79.3 Å². The van der Waals surface area contributed by atoms with E-state index in [9.17, 15) is 9.59 Å². The smallest absolute Gasteiger partial charge is 0.303 e. The van der Waals surface area contributed by atoms with Gasteiger partial charge in [0.15, 0.2) is 5.78 Å².